The highest BCUT2D eigenvalue weighted by atomic mass is 79.9. The molecule has 0 aromatic heterocycles. The van der Waals surface area contributed by atoms with Crippen molar-refractivity contribution in [1.29, 1.82) is 0 Å². The van der Waals surface area contributed by atoms with Gasteiger partial charge in [-0.2, -0.15) is 0 Å². The summed E-state index contributed by atoms with van der Waals surface area (Å²) in [5.41, 5.74) is 0. The Morgan fingerprint density at radius 2 is 1.00 bits per heavy atom. The first-order chi connectivity index (χ1) is 9.36. The maximum Gasteiger partial charge on any atom is 0.474 e. The summed E-state index contributed by atoms with van der Waals surface area (Å²) in [6.45, 7) is 0.0613. The van der Waals surface area contributed by atoms with Crippen molar-refractivity contribution in [3.8, 4) is 0 Å². The standard InChI is InChI=1S/C9H15Br3Cl3O4P/c10-1-7(13)4-17-20(16,18-5-8(14)2-11)19-6-9(15)3-12/h7-9H,1-6H2. The van der Waals surface area contributed by atoms with Gasteiger partial charge in [0.15, 0.2) is 0 Å². The maximum absolute atomic E-state index is 12.4. The Bertz CT molecular complexity index is 261. The smallest absolute Gasteiger partial charge is 0.285 e. The van der Waals surface area contributed by atoms with Crippen LogP contribution in [0.25, 0.3) is 0 Å². The highest BCUT2D eigenvalue weighted by Gasteiger charge is 2.29. The monoisotopic (exact) mass is 560 g/mol. The van der Waals surface area contributed by atoms with E-state index in [0.717, 1.165) is 0 Å². The molecule has 0 rings (SSSR count). The van der Waals surface area contributed by atoms with Gasteiger partial charge in [-0.1, -0.05) is 47.8 Å². The van der Waals surface area contributed by atoms with Gasteiger partial charge in [0.05, 0.1) is 36.0 Å². The molecule has 0 fully saturated rings. The molecule has 0 bridgehead atoms. The summed E-state index contributed by atoms with van der Waals surface area (Å²) in [5.74, 6) is 0. The number of hydrogen-bond donors (Lipinski definition) is 0. The van der Waals surface area contributed by atoms with Gasteiger partial charge in [0.2, 0.25) is 0 Å². The van der Waals surface area contributed by atoms with Crippen molar-refractivity contribution in [3.05, 3.63) is 0 Å². The van der Waals surface area contributed by atoms with Crippen LogP contribution in [0, 0.1) is 0 Å². The van der Waals surface area contributed by atoms with Crippen LogP contribution in [-0.4, -0.2) is 51.9 Å². The highest BCUT2D eigenvalue weighted by Crippen LogP contribution is 2.50. The number of halogens is 6. The molecule has 0 amide bonds. The van der Waals surface area contributed by atoms with E-state index in [0.29, 0.717) is 16.0 Å². The predicted octanol–water partition coefficient (Wildman–Crippen LogP) is 5.15. The number of phosphoric acid groups is 1. The van der Waals surface area contributed by atoms with Crippen molar-refractivity contribution in [3.63, 3.8) is 0 Å². The molecule has 0 saturated carbocycles. The minimum absolute atomic E-state index is 0.0204. The van der Waals surface area contributed by atoms with Crippen molar-refractivity contribution >= 4 is 90.4 Å². The molecule has 20 heavy (non-hydrogen) atoms. The molecule has 0 aliphatic heterocycles. The number of hydrogen-bond acceptors (Lipinski definition) is 4. The topological polar surface area (TPSA) is 44.8 Å². The zero-order valence-electron chi connectivity index (χ0n) is 10.3. The van der Waals surface area contributed by atoms with Crippen LogP contribution in [0.15, 0.2) is 0 Å². The summed E-state index contributed by atoms with van der Waals surface area (Å²) in [6.07, 6.45) is 0. The van der Waals surface area contributed by atoms with Gasteiger partial charge in [-0.3, -0.25) is 13.6 Å². The third kappa shape index (κ3) is 11.0. The molecule has 0 spiro atoms. The van der Waals surface area contributed by atoms with Crippen LogP contribution in [0.2, 0.25) is 0 Å². The number of phosphoric ester groups is 1. The Kier molecular flexibility index (Phi) is 14.3. The lowest BCUT2D eigenvalue weighted by molar-refractivity contribution is 0.116. The van der Waals surface area contributed by atoms with Gasteiger partial charge in [0, 0.05) is 16.0 Å². The molecule has 0 saturated heterocycles. The molecule has 3 unspecified atom stereocenters. The summed E-state index contributed by atoms with van der Waals surface area (Å²) >= 11 is 27.2. The van der Waals surface area contributed by atoms with Crippen LogP contribution in [0.4, 0.5) is 0 Å². The SMILES string of the molecule is O=P(OCC(Cl)CBr)(OCC(Cl)CBr)OCC(Cl)CBr. The second-order valence-electron chi connectivity index (χ2n) is 3.59. The van der Waals surface area contributed by atoms with Crippen LogP contribution in [0.1, 0.15) is 0 Å². The Hall–Kier alpha value is 2.42. The van der Waals surface area contributed by atoms with E-state index in [2.05, 4.69) is 47.8 Å². The molecular formula is C9H15Br3Cl3O4P. The minimum Gasteiger partial charge on any atom is -0.285 e. The lowest BCUT2D eigenvalue weighted by atomic mass is 10.5. The zero-order chi connectivity index (χ0) is 15.6. The fourth-order valence-electron chi connectivity index (χ4n) is 0.762. The second-order valence-corrected chi connectivity index (χ2v) is 9.05. The fourth-order valence-corrected chi connectivity index (χ4v) is 3.09. The van der Waals surface area contributed by atoms with Gasteiger partial charge >= 0.3 is 7.82 Å². The van der Waals surface area contributed by atoms with Crippen molar-refractivity contribution in [1.82, 2.24) is 0 Å². The van der Waals surface area contributed by atoms with Crippen LogP contribution in [0.5, 0.6) is 0 Å². The Morgan fingerprint density at radius 1 is 0.750 bits per heavy atom. The lowest BCUT2D eigenvalue weighted by Crippen LogP contribution is -2.17. The largest absolute Gasteiger partial charge is 0.474 e. The Balaban J connectivity index is 4.45. The molecule has 0 aliphatic carbocycles. The molecule has 0 aliphatic rings. The molecule has 4 nitrogen and oxygen atoms in total. The quantitative estimate of drug-likeness (QED) is 0.243. The van der Waals surface area contributed by atoms with Gasteiger partial charge in [-0.15, -0.1) is 34.8 Å². The van der Waals surface area contributed by atoms with E-state index in [1.165, 1.54) is 0 Å². The van der Waals surface area contributed by atoms with Crippen LogP contribution >= 0.6 is 90.4 Å². The Labute approximate surface area is 159 Å². The second kappa shape index (κ2) is 12.8. The van der Waals surface area contributed by atoms with E-state index in [1.54, 1.807) is 0 Å². The first-order valence-corrected chi connectivity index (χ1v) is 11.6. The fraction of sp³-hybridized carbons (Fsp3) is 1.00. The summed E-state index contributed by atoms with van der Waals surface area (Å²) in [7, 11) is -3.74. The van der Waals surface area contributed by atoms with Gasteiger partial charge < -0.3 is 0 Å². The zero-order valence-corrected chi connectivity index (χ0v) is 18.2. The van der Waals surface area contributed by atoms with E-state index in [9.17, 15) is 4.57 Å². The van der Waals surface area contributed by atoms with Crippen LogP contribution < -0.4 is 0 Å². The molecule has 0 aromatic rings. The molecule has 0 radical (unpaired) electrons. The van der Waals surface area contributed by atoms with E-state index >= 15 is 0 Å². The van der Waals surface area contributed by atoms with Gasteiger partial charge in [0.1, 0.15) is 0 Å². The molecule has 122 valence electrons. The van der Waals surface area contributed by atoms with Crippen molar-refractivity contribution in [2.75, 3.05) is 35.8 Å². The Morgan fingerprint density at radius 3 is 1.20 bits per heavy atom. The van der Waals surface area contributed by atoms with Crippen LogP contribution in [0.3, 0.4) is 0 Å². The molecule has 0 aromatic carbocycles. The maximum atomic E-state index is 12.4. The molecular weight excluding hydrogens is 549 g/mol. The van der Waals surface area contributed by atoms with Gasteiger partial charge in [0.25, 0.3) is 0 Å². The molecule has 0 heterocycles. The normalized spacial score (nSPS) is 19.3. The average molecular weight is 564 g/mol. The third-order valence-corrected chi connectivity index (χ3v) is 7.44. The van der Waals surface area contributed by atoms with Crippen molar-refractivity contribution < 1.29 is 18.1 Å². The predicted molar refractivity (Wildman–Crippen MR) is 95.8 cm³/mol. The first-order valence-electron chi connectivity index (χ1n) is 5.50. The van der Waals surface area contributed by atoms with E-state index in [-0.39, 0.29) is 36.0 Å². The van der Waals surface area contributed by atoms with Crippen molar-refractivity contribution in [2.24, 2.45) is 0 Å². The van der Waals surface area contributed by atoms with Crippen LogP contribution in [-0.2, 0) is 18.1 Å². The number of rotatable bonds is 12. The summed E-state index contributed by atoms with van der Waals surface area (Å²) in [6, 6.07) is 0. The minimum atomic E-state index is -3.74. The van der Waals surface area contributed by atoms with E-state index in [4.69, 9.17) is 48.4 Å². The van der Waals surface area contributed by atoms with E-state index in [1.807, 2.05) is 0 Å². The third-order valence-electron chi connectivity index (χ3n) is 1.74. The summed E-state index contributed by atoms with van der Waals surface area (Å²) in [5, 5.41) is 0.443. The highest BCUT2D eigenvalue weighted by molar-refractivity contribution is 9.09. The molecule has 11 heteroatoms. The average Bonchev–Trinajstić information content (AvgIpc) is 2.47. The van der Waals surface area contributed by atoms with Crippen molar-refractivity contribution in [2.45, 2.75) is 16.1 Å². The number of alkyl halides is 6. The van der Waals surface area contributed by atoms with E-state index < -0.39 is 7.82 Å². The summed E-state index contributed by atoms with van der Waals surface area (Å²) in [4.78, 5) is 0. The van der Waals surface area contributed by atoms with Gasteiger partial charge in [-0.25, -0.2) is 4.57 Å². The first kappa shape index (κ1) is 22.4. The molecule has 3 atom stereocenters. The summed E-state index contributed by atoms with van der Waals surface area (Å²) < 4.78 is 27.9. The van der Waals surface area contributed by atoms with Gasteiger partial charge in [-0.05, 0) is 0 Å². The lowest BCUT2D eigenvalue weighted by Gasteiger charge is -2.20. The molecule has 0 N–H and O–H groups in total.